The Morgan fingerprint density at radius 1 is 1.12 bits per heavy atom. The summed E-state index contributed by atoms with van der Waals surface area (Å²) in [6, 6.07) is -2.39. The number of aliphatic hydroxyl groups is 3. The number of ether oxygens (including phenoxy) is 1. The van der Waals surface area contributed by atoms with E-state index in [-0.39, 0.29) is 0 Å². The van der Waals surface area contributed by atoms with Gasteiger partial charge in [0, 0.05) is 9.82 Å². The van der Waals surface area contributed by atoms with E-state index >= 15 is 0 Å². The van der Waals surface area contributed by atoms with E-state index in [0.717, 1.165) is 0 Å². The summed E-state index contributed by atoms with van der Waals surface area (Å²) in [4.78, 5) is 4.92. The molecule has 0 aromatic rings. The van der Waals surface area contributed by atoms with Gasteiger partial charge in [-0.1, -0.05) is 10.2 Å². The van der Waals surface area contributed by atoms with Gasteiger partial charge < -0.3 is 20.1 Å². The number of aliphatic hydroxyl groups excluding tert-OH is 3. The average molecular weight is 230 g/mol. The molecule has 10 heteroatoms. The zero-order chi connectivity index (χ0) is 12.1. The molecule has 0 bridgehead atoms. The van der Waals surface area contributed by atoms with Crippen molar-refractivity contribution in [2.45, 2.75) is 30.6 Å². The van der Waals surface area contributed by atoms with Crippen LogP contribution in [-0.4, -0.2) is 52.5 Å². The Kier molecular flexibility index (Phi) is 4.32. The van der Waals surface area contributed by atoms with Crippen molar-refractivity contribution in [3.05, 3.63) is 20.9 Å². The Morgan fingerprint density at radius 3 is 2.19 bits per heavy atom. The van der Waals surface area contributed by atoms with Crippen LogP contribution < -0.4 is 0 Å². The topological polar surface area (TPSA) is 167 Å². The monoisotopic (exact) mass is 230 g/mol. The van der Waals surface area contributed by atoms with Crippen molar-refractivity contribution in [2.75, 3.05) is 6.61 Å². The van der Waals surface area contributed by atoms with Crippen LogP contribution >= 0.6 is 0 Å². The fraction of sp³-hybridized carbons (Fsp3) is 1.00. The number of azide groups is 2. The zero-order valence-corrected chi connectivity index (χ0v) is 8.03. The first-order chi connectivity index (χ1) is 7.65. The van der Waals surface area contributed by atoms with Crippen LogP contribution in [0.25, 0.3) is 20.9 Å². The van der Waals surface area contributed by atoms with E-state index in [4.69, 9.17) is 20.9 Å². The van der Waals surface area contributed by atoms with Crippen molar-refractivity contribution in [1.29, 1.82) is 0 Å². The molecule has 1 heterocycles. The zero-order valence-electron chi connectivity index (χ0n) is 8.03. The van der Waals surface area contributed by atoms with Crippen LogP contribution in [0.1, 0.15) is 0 Å². The first-order valence-corrected chi connectivity index (χ1v) is 4.36. The summed E-state index contributed by atoms with van der Waals surface area (Å²) in [5.41, 5.74) is 16.5. The van der Waals surface area contributed by atoms with Crippen LogP contribution in [-0.2, 0) is 4.74 Å². The molecule has 5 atom stereocenters. The lowest BCUT2D eigenvalue weighted by molar-refractivity contribution is -0.215. The minimum Gasteiger partial charge on any atom is -0.394 e. The summed E-state index contributed by atoms with van der Waals surface area (Å²) in [6.45, 7) is -0.541. The van der Waals surface area contributed by atoms with Gasteiger partial charge in [-0.3, -0.25) is 0 Å². The van der Waals surface area contributed by atoms with Crippen molar-refractivity contribution < 1.29 is 20.1 Å². The molecule has 1 unspecified atom stereocenters. The minimum atomic E-state index is -1.55. The second-order valence-electron chi connectivity index (χ2n) is 3.13. The van der Waals surface area contributed by atoms with Gasteiger partial charge in [0.1, 0.15) is 6.04 Å². The van der Waals surface area contributed by atoms with Gasteiger partial charge in [0.15, 0.2) is 6.29 Å². The maximum absolute atomic E-state index is 9.68. The Morgan fingerprint density at radius 2 is 1.69 bits per heavy atom. The van der Waals surface area contributed by atoms with Crippen molar-refractivity contribution in [1.82, 2.24) is 0 Å². The highest BCUT2D eigenvalue weighted by Gasteiger charge is 2.43. The number of rotatable bonds is 3. The van der Waals surface area contributed by atoms with Gasteiger partial charge in [0.2, 0.25) is 0 Å². The van der Waals surface area contributed by atoms with E-state index in [1.165, 1.54) is 0 Å². The third-order valence-corrected chi connectivity index (χ3v) is 2.24. The summed E-state index contributed by atoms with van der Waals surface area (Å²) in [6.07, 6.45) is -3.99. The maximum Gasteiger partial charge on any atom is 0.166 e. The van der Waals surface area contributed by atoms with E-state index in [2.05, 4.69) is 20.1 Å². The Balaban J connectivity index is 2.96. The quantitative estimate of drug-likeness (QED) is 0.335. The van der Waals surface area contributed by atoms with Gasteiger partial charge in [-0.05, 0) is 11.1 Å². The standard InChI is InChI=1S/C6H10N6O4/c7-11-9-3-2(1-13)16-6(15)4(5(3)14)10-12-8/h2-6,13-15H,1H2/t2-,3-,4-,5+,6?/m1/s1. The molecule has 88 valence electrons. The molecule has 0 amide bonds. The second kappa shape index (κ2) is 5.52. The fourth-order valence-corrected chi connectivity index (χ4v) is 1.47. The lowest BCUT2D eigenvalue weighted by atomic mass is 9.96. The smallest absolute Gasteiger partial charge is 0.166 e. The van der Waals surface area contributed by atoms with Crippen molar-refractivity contribution >= 4 is 0 Å². The van der Waals surface area contributed by atoms with Gasteiger partial charge in [-0.15, -0.1) is 0 Å². The average Bonchev–Trinajstić information content (AvgIpc) is 2.28. The summed E-state index contributed by atoms with van der Waals surface area (Å²) in [5.74, 6) is 0. The first kappa shape index (κ1) is 12.5. The van der Waals surface area contributed by atoms with Crippen molar-refractivity contribution in [3.8, 4) is 0 Å². The fourth-order valence-electron chi connectivity index (χ4n) is 1.47. The summed E-state index contributed by atoms with van der Waals surface area (Å²) in [5, 5.41) is 34.3. The predicted octanol–water partition coefficient (Wildman–Crippen LogP) is -0.585. The normalized spacial score (nSPS) is 38.3. The van der Waals surface area contributed by atoms with Crippen LogP contribution in [0.2, 0.25) is 0 Å². The van der Waals surface area contributed by atoms with E-state index in [0.29, 0.717) is 0 Å². The summed E-state index contributed by atoms with van der Waals surface area (Å²) >= 11 is 0. The lowest BCUT2D eigenvalue weighted by Gasteiger charge is -2.38. The van der Waals surface area contributed by atoms with E-state index in [1.807, 2.05) is 0 Å². The molecule has 0 spiro atoms. The molecule has 1 saturated heterocycles. The molecule has 3 N–H and O–H groups in total. The van der Waals surface area contributed by atoms with Crippen molar-refractivity contribution in [2.24, 2.45) is 10.2 Å². The predicted molar refractivity (Wildman–Crippen MR) is 49.8 cm³/mol. The Labute approximate surface area is 89.3 Å². The second-order valence-corrected chi connectivity index (χ2v) is 3.13. The number of nitrogens with zero attached hydrogens (tertiary/aromatic N) is 6. The molecular weight excluding hydrogens is 220 g/mol. The molecule has 1 aliphatic rings. The molecule has 0 aromatic carbocycles. The van der Waals surface area contributed by atoms with Crippen LogP contribution in [0, 0.1) is 0 Å². The van der Waals surface area contributed by atoms with Gasteiger partial charge >= 0.3 is 0 Å². The molecule has 1 fully saturated rings. The highest BCUT2D eigenvalue weighted by molar-refractivity contribution is 4.97. The molecule has 0 aliphatic carbocycles. The largest absolute Gasteiger partial charge is 0.394 e. The van der Waals surface area contributed by atoms with Crippen LogP contribution in [0.4, 0.5) is 0 Å². The molecule has 16 heavy (non-hydrogen) atoms. The third-order valence-electron chi connectivity index (χ3n) is 2.24. The van der Waals surface area contributed by atoms with Crippen molar-refractivity contribution in [3.63, 3.8) is 0 Å². The van der Waals surface area contributed by atoms with E-state index < -0.39 is 37.2 Å². The summed E-state index contributed by atoms with van der Waals surface area (Å²) < 4.78 is 4.85. The number of hydrogen-bond acceptors (Lipinski definition) is 6. The summed E-state index contributed by atoms with van der Waals surface area (Å²) in [7, 11) is 0. The van der Waals surface area contributed by atoms with Gasteiger partial charge in [0.25, 0.3) is 0 Å². The van der Waals surface area contributed by atoms with E-state index in [1.54, 1.807) is 0 Å². The Hall–Kier alpha value is -1.54. The highest BCUT2D eigenvalue weighted by atomic mass is 16.6. The van der Waals surface area contributed by atoms with Crippen LogP contribution in [0.3, 0.4) is 0 Å². The maximum atomic E-state index is 9.68. The molecule has 0 saturated carbocycles. The molecule has 1 rings (SSSR count). The molecule has 0 aromatic heterocycles. The lowest BCUT2D eigenvalue weighted by Crippen LogP contribution is -2.56. The molecule has 10 nitrogen and oxygen atoms in total. The van der Waals surface area contributed by atoms with Gasteiger partial charge in [-0.2, -0.15) is 0 Å². The van der Waals surface area contributed by atoms with Gasteiger partial charge in [0.05, 0.1) is 24.9 Å². The third kappa shape index (κ3) is 2.34. The van der Waals surface area contributed by atoms with E-state index in [9.17, 15) is 10.2 Å². The number of hydrogen-bond donors (Lipinski definition) is 3. The molecule has 0 radical (unpaired) electrons. The SMILES string of the molecule is [N-]=[N+]=N[C@H]1[C@H](O)[C@@H](N=[N+]=[N-])C(O)O[C@@H]1CO. The van der Waals surface area contributed by atoms with Gasteiger partial charge in [-0.25, -0.2) is 0 Å². The van der Waals surface area contributed by atoms with Crippen LogP contribution in [0.15, 0.2) is 10.2 Å². The molecule has 1 aliphatic heterocycles. The Bertz CT molecular complexity index is 338. The minimum absolute atomic E-state index is 0.541. The highest BCUT2D eigenvalue weighted by Crippen LogP contribution is 2.24. The van der Waals surface area contributed by atoms with Crippen LogP contribution in [0.5, 0.6) is 0 Å². The first-order valence-electron chi connectivity index (χ1n) is 4.36. The molecular formula is C6H10N6O4.